The third-order valence-electron chi connectivity index (χ3n) is 3.36. The van der Waals surface area contributed by atoms with E-state index in [9.17, 15) is 10.1 Å². The lowest BCUT2D eigenvalue weighted by Crippen LogP contribution is -2.03. The molecule has 0 radical (unpaired) electrons. The third kappa shape index (κ3) is 3.96. The number of hydrogen-bond acceptors (Lipinski definition) is 5. The number of carbonyl (C=O) groups is 1. The number of esters is 1. The standard InChI is InChI=1S/C18H20N2O2S/c1-5-22-18(21)16-12(4)20-17(23-16)14-7-6-13(8-11(2)3)15(9-14)10-19/h6-7,9,11H,5,8H2,1-4H3. The molecule has 1 heterocycles. The molecule has 0 saturated carbocycles. The smallest absolute Gasteiger partial charge is 0.350 e. The Hall–Kier alpha value is -2.19. The van der Waals surface area contributed by atoms with Gasteiger partial charge in [0.2, 0.25) is 0 Å². The number of benzene rings is 1. The van der Waals surface area contributed by atoms with Crippen molar-refractivity contribution in [1.82, 2.24) is 4.98 Å². The van der Waals surface area contributed by atoms with E-state index >= 15 is 0 Å². The van der Waals surface area contributed by atoms with Crippen molar-refractivity contribution in [3.05, 3.63) is 39.9 Å². The van der Waals surface area contributed by atoms with E-state index in [0.717, 1.165) is 22.6 Å². The average Bonchev–Trinajstić information content (AvgIpc) is 2.89. The normalized spacial score (nSPS) is 10.6. The minimum absolute atomic E-state index is 0.341. The largest absolute Gasteiger partial charge is 0.462 e. The van der Waals surface area contributed by atoms with E-state index < -0.39 is 0 Å². The molecule has 0 aliphatic carbocycles. The van der Waals surface area contributed by atoms with Crippen molar-refractivity contribution < 1.29 is 9.53 Å². The zero-order chi connectivity index (χ0) is 17.0. The predicted octanol–water partition coefficient (Wildman–Crippen LogP) is 4.37. The summed E-state index contributed by atoms with van der Waals surface area (Å²) in [5.74, 6) is 0.149. The van der Waals surface area contributed by atoms with Gasteiger partial charge in [-0.1, -0.05) is 26.0 Å². The van der Waals surface area contributed by atoms with E-state index in [1.54, 1.807) is 13.8 Å². The molecule has 2 rings (SSSR count). The number of nitriles is 1. The maximum Gasteiger partial charge on any atom is 0.350 e. The summed E-state index contributed by atoms with van der Waals surface area (Å²) < 4.78 is 5.04. The van der Waals surface area contributed by atoms with Gasteiger partial charge in [0, 0.05) is 5.56 Å². The van der Waals surface area contributed by atoms with E-state index in [1.807, 2.05) is 18.2 Å². The second-order valence-electron chi connectivity index (χ2n) is 5.74. The first-order chi connectivity index (χ1) is 11.0. The van der Waals surface area contributed by atoms with Crippen LogP contribution in [0.15, 0.2) is 18.2 Å². The first-order valence-electron chi connectivity index (χ1n) is 7.64. The zero-order valence-electron chi connectivity index (χ0n) is 13.8. The maximum atomic E-state index is 11.9. The number of nitrogens with zero attached hydrogens (tertiary/aromatic N) is 2. The molecule has 0 saturated heterocycles. The summed E-state index contributed by atoms with van der Waals surface area (Å²) in [6.07, 6.45) is 0.869. The summed E-state index contributed by atoms with van der Waals surface area (Å²) in [5.41, 5.74) is 3.23. The molecule has 0 atom stereocenters. The number of carbonyl (C=O) groups excluding carboxylic acids is 1. The molecular weight excluding hydrogens is 308 g/mol. The Morgan fingerprint density at radius 3 is 2.78 bits per heavy atom. The molecule has 0 aliphatic heterocycles. The van der Waals surface area contributed by atoms with E-state index in [1.165, 1.54) is 11.3 Å². The van der Waals surface area contributed by atoms with Crippen molar-refractivity contribution in [2.24, 2.45) is 5.92 Å². The van der Waals surface area contributed by atoms with Gasteiger partial charge in [0.1, 0.15) is 9.88 Å². The van der Waals surface area contributed by atoms with Crippen LogP contribution in [0.2, 0.25) is 0 Å². The molecule has 0 amide bonds. The van der Waals surface area contributed by atoms with Crippen LogP contribution in [0, 0.1) is 24.2 Å². The second-order valence-corrected chi connectivity index (χ2v) is 6.73. The average molecular weight is 328 g/mol. The predicted molar refractivity (Wildman–Crippen MR) is 91.5 cm³/mol. The summed E-state index contributed by atoms with van der Waals surface area (Å²) in [6.45, 7) is 8.18. The van der Waals surface area contributed by atoms with Crippen molar-refractivity contribution in [3.8, 4) is 16.6 Å². The molecule has 120 valence electrons. The summed E-state index contributed by atoms with van der Waals surface area (Å²) in [5, 5.41) is 10.1. The van der Waals surface area contributed by atoms with Gasteiger partial charge in [-0.2, -0.15) is 5.26 Å². The number of thiazole rings is 1. The van der Waals surface area contributed by atoms with E-state index in [4.69, 9.17) is 4.74 Å². The highest BCUT2D eigenvalue weighted by Gasteiger charge is 2.18. The van der Waals surface area contributed by atoms with Gasteiger partial charge in [-0.15, -0.1) is 11.3 Å². The molecule has 0 aliphatic rings. The van der Waals surface area contributed by atoms with Crippen LogP contribution in [0.3, 0.4) is 0 Å². The lowest BCUT2D eigenvalue weighted by Gasteiger charge is -2.08. The van der Waals surface area contributed by atoms with Crippen LogP contribution in [0.25, 0.3) is 10.6 Å². The highest BCUT2D eigenvalue weighted by atomic mass is 32.1. The summed E-state index contributed by atoms with van der Waals surface area (Å²) in [7, 11) is 0. The van der Waals surface area contributed by atoms with Crippen LogP contribution in [-0.2, 0) is 11.2 Å². The molecule has 0 fully saturated rings. The van der Waals surface area contributed by atoms with Crippen molar-refractivity contribution in [1.29, 1.82) is 5.26 Å². The quantitative estimate of drug-likeness (QED) is 0.765. The number of ether oxygens (including phenoxy) is 1. The molecule has 0 N–H and O–H groups in total. The van der Waals surface area contributed by atoms with E-state index in [-0.39, 0.29) is 5.97 Å². The lowest BCUT2D eigenvalue weighted by molar-refractivity contribution is 0.0531. The number of hydrogen-bond donors (Lipinski definition) is 0. The van der Waals surface area contributed by atoms with Gasteiger partial charge < -0.3 is 4.74 Å². The third-order valence-corrected chi connectivity index (χ3v) is 4.55. The van der Waals surface area contributed by atoms with Gasteiger partial charge in [-0.05, 0) is 37.8 Å². The Kier molecular flexibility index (Phi) is 5.51. The van der Waals surface area contributed by atoms with Crippen LogP contribution in [-0.4, -0.2) is 17.6 Å². The molecule has 0 bridgehead atoms. The molecule has 4 nitrogen and oxygen atoms in total. The first-order valence-corrected chi connectivity index (χ1v) is 8.45. The molecule has 0 unspecified atom stereocenters. The Labute approximate surface area is 140 Å². The van der Waals surface area contributed by atoms with Crippen LogP contribution < -0.4 is 0 Å². The Balaban J connectivity index is 2.38. The summed E-state index contributed by atoms with van der Waals surface area (Å²) in [4.78, 5) is 16.9. The minimum atomic E-state index is -0.342. The monoisotopic (exact) mass is 328 g/mol. The minimum Gasteiger partial charge on any atom is -0.462 e. The maximum absolute atomic E-state index is 11.9. The van der Waals surface area contributed by atoms with Crippen LogP contribution in [0.4, 0.5) is 0 Å². The molecule has 0 spiro atoms. The van der Waals surface area contributed by atoms with Gasteiger partial charge >= 0.3 is 5.97 Å². The van der Waals surface area contributed by atoms with Gasteiger partial charge in [0.25, 0.3) is 0 Å². The first kappa shape index (κ1) is 17.2. The Morgan fingerprint density at radius 1 is 1.43 bits per heavy atom. The topological polar surface area (TPSA) is 63.0 Å². The van der Waals surface area contributed by atoms with E-state index in [2.05, 4.69) is 24.9 Å². The summed E-state index contributed by atoms with van der Waals surface area (Å²) >= 11 is 1.30. The van der Waals surface area contributed by atoms with Crippen molar-refractivity contribution in [2.45, 2.75) is 34.1 Å². The molecule has 2 aromatic rings. The van der Waals surface area contributed by atoms with Gasteiger partial charge in [0.15, 0.2) is 0 Å². The van der Waals surface area contributed by atoms with Gasteiger partial charge in [-0.3, -0.25) is 0 Å². The van der Waals surface area contributed by atoms with Crippen LogP contribution in [0.1, 0.15) is 47.3 Å². The molecule has 5 heteroatoms. The fourth-order valence-corrected chi connectivity index (χ4v) is 3.29. The van der Waals surface area contributed by atoms with Crippen LogP contribution >= 0.6 is 11.3 Å². The zero-order valence-corrected chi connectivity index (χ0v) is 14.7. The van der Waals surface area contributed by atoms with Gasteiger partial charge in [0.05, 0.1) is 23.9 Å². The van der Waals surface area contributed by atoms with Gasteiger partial charge in [-0.25, -0.2) is 9.78 Å². The van der Waals surface area contributed by atoms with E-state index in [0.29, 0.717) is 28.7 Å². The Morgan fingerprint density at radius 2 is 2.17 bits per heavy atom. The fourth-order valence-electron chi connectivity index (χ4n) is 2.34. The van der Waals surface area contributed by atoms with Crippen molar-refractivity contribution >= 4 is 17.3 Å². The molecule has 1 aromatic heterocycles. The van der Waals surface area contributed by atoms with Crippen LogP contribution in [0.5, 0.6) is 0 Å². The number of aryl methyl sites for hydroxylation is 1. The molecule has 1 aromatic carbocycles. The number of rotatable bonds is 5. The molecule has 23 heavy (non-hydrogen) atoms. The molecular formula is C18H20N2O2S. The second kappa shape index (κ2) is 7.38. The lowest BCUT2D eigenvalue weighted by atomic mass is 9.97. The van der Waals surface area contributed by atoms with Crippen molar-refractivity contribution in [3.63, 3.8) is 0 Å². The highest BCUT2D eigenvalue weighted by Crippen LogP contribution is 2.30. The number of aromatic nitrogens is 1. The van der Waals surface area contributed by atoms with Crippen molar-refractivity contribution in [2.75, 3.05) is 6.61 Å². The fraction of sp³-hybridized carbons (Fsp3) is 0.389. The summed E-state index contributed by atoms with van der Waals surface area (Å²) in [6, 6.07) is 8.06. The SMILES string of the molecule is CCOC(=O)c1sc(-c2ccc(CC(C)C)c(C#N)c2)nc1C. The Bertz CT molecular complexity index is 757. The highest BCUT2D eigenvalue weighted by molar-refractivity contribution is 7.17.